The summed E-state index contributed by atoms with van der Waals surface area (Å²) in [6.07, 6.45) is 4.36. The first-order valence-corrected chi connectivity index (χ1v) is 5.92. The van der Waals surface area contributed by atoms with Gasteiger partial charge in [-0.05, 0) is 32.1 Å². The maximum absolute atomic E-state index is 10.2. The van der Waals surface area contributed by atoms with Gasteiger partial charge in [0.1, 0.15) is 0 Å². The highest BCUT2D eigenvalue weighted by Crippen LogP contribution is 2.28. The lowest BCUT2D eigenvalue weighted by atomic mass is 9.91. The van der Waals surface area contributed by atoms with Gasteiger partial charge in [0.25, 0.3) is 0 Å². The number of aryl methyl sites for hydroxylation is 1. The Morgan fingerprint density at radius 1 is 1.56 bits per heavy atom. The summed E-state index contributed by atoms with van der Waals surface area (Å²) in [5.74, 6) is 0.586. The zero-order chi connectivity index (χ0) is 11.5. The molecule has 0 bridgehead atoms. The third-order valence-electron chi connectivity index (χ3n) is 3.53. The lowest BCUT2D eigenvalue weighted by molar-refractivity contribution is 0.0434. The third-order valence-corrected chi connectivity index (χ3v) is 3.53. The van der Waals surface area contributed by atoms with E-state index in [1.807, 2.05) is 18.7 Å². The minimum Gasteiger partial charge on any atom is -0.388 e. The Balaban J connectivity index is 1.96. The second-order valence-electron chi connectivity index (χ2n) is 4.62. The van der Waals surface area contributed by atoms with Gasteiger partial charge < -0.3 is 9.84 Å². The van der Waals surface area contributed by atoms with Crippen molar-refractivity contribution >= 4 is 0 Å². The number of aliphatic hydroxyl groups excluding tert-OH is 1. The molecule has 0 aromatic carbocycles. The standard InChI is InChI=1S/C12H20N2O2/c1-9-11(8-13-14(9)2)12(15)7-10-3-5-16-6-4-10/h8,10,12,15H,3-7H2,1-2H3. The molecule has 0 saturated carbocycles. The average Bonchev–Trinajstić information content (AvgIpc) is 2.61. The molecular formula is C12H20N2O2. The fourth-order valence-corrected chi connectivity index (χ4v) is 2.27. The average molecular weight is 224 g/mol. The summed E-state index contributed by atoms with van der Waals surface area (Å²) in [7, 11) is 1.90. The molecular weight excluding hydrogens is 204 g/mol. The number of aromatic nitrogens is 2. The smallest absolute Gasteiger partial charge is 0.0825 e. The predicted octanol–water partition coefficient (Wildman–Crippen LogP) is 1.58. The number of rotatable bonds is 3. The van der Waals surface area contributed by atoms with Gasteiger partial charge >= 0.3 is 0 Å². The predicted molar refractivity (Wildman–Crippen MR) is 61.1 cm³/mol. The molecule has 1 atom stereocenters. The molecule has 0 amide bonds. The van der Waals surface area contributed by atoms with Gasteiger partial charge in [0.15, 0.2) is 0 Å². The molecule has 1 unspecified atom stereocenters. The van der Waals surface area contributed by atoms with E-state index in [1.54, 1.807) is 6.20 Å². The van der Waals surface area contributed by atoms with E-state index in [0.29, 0.717) is 5.92 Å². The number of hydrogen-bond acceptors (Lipinski definition) is 3. The molecule has 1 N–H and O–H groups in total. The van der Waals surface area contributed by atoms with Crippen LogP contribution in [0.25, 0.3) is 0 Å². The zero-order valence-corrected chi connectivity index (χ0v) is 10.0. The second-order valence-corrected chi connectivity index (χ2v) is 4.62. The van der Waals surface area contributed by atoms with E-state index in [1.165, 1.54) is 0 Å². The second kappa shape index (κ2) is 4.97. The monoisotopic (exact) mass is 224 g/mol. The van der Waals surface area contributed by atoms with E-state index >= 15 is 0 Å². The summed E-state index contributed by atoms with van der Waals surface area (Å²) in [5, 5.41) is 14.3. The third kappa shape index (κ3) is 2.44. The zero-order valence-electron chi connectivity index (χ0n) is 10.0. The Bertz CT molecular complexity index is 343. The largest absolute Gasteiger partial charge is 0.388 e. The van der Waals surface area contributed by atoms with Gasteiger partial charge in [0, 0.05) is 31.5 Å². The van der Waals surface area contributed by atoms with Crippen LogP contribution < -0.4 is 0 Å². The molecule has 0 spiro atoms. The summed E-state index contributed by atoms with van der Waals surface area (Å²) < 4.78 is 7.12. The van der Waals surface area contributed by atoms with Crippen molar-refractivity contribution in [1.82, 2.24) is 9.78 Å². The molecule has 90 valence electrons. The Labute approximate surface area is 96.2 Å². The molecule has 4 heteroatoms. The molecule has 1 aliphatic rings. The Morgan fingerprint density at radius 2 is 2.25 bits per heavy atom. The first-order chi connectivity index (χ1) is 7.68. The van der Waals surface area contributed by atoms with Gasteiger partial charge in [-0.1, -0.05) is 0 Å². The van der Waals surface area contributed by atoms with Crippen molar-refractivity contribution < 1.29 is 9.84 Å². The summed E-state index contributed by atoms with van der Waals surface area (Å²) in [6.45, 7) is 3.67. The van der Waals surface area contributed by atoms with Gasteiger partial charge in [-0.25, -0.2) is 0 Å². The Hall–Kier alpha value is -0.870. The number of hydrogen-bond donors (Lipinski definition) is 1. The molecule has 1 aromatic heterocycles. The van der Waals surface area contributed by atoms with Crippen LogP contribution in [0.2, 0.25) is 0 Å². The van der Waals surface area contributed by atoms with Crippen LogP contribution in [0.3, 0.4) is 0 Å². The first-order valence-electron chi connectivity index (χ1n) is 5.92. The van der Waals surface area contributed by atoms with Crippen LogP contribution in [-0.4, -0.2) is 28.1 Å². The molecule has 1 saturated heterocycles. The molecule has 1 aliphatic heterocycles. The minimum absolute atomic E-state index is 0.378. The van der Waals surface area contributed by atoms with Crippen LogP contribution in [0.1, 0.15) is 36.6 Å². The number of ether oxygens (including phenoxy) is 1. The SMILES string of the molecule is Cc1c(C(O)CC2CCOCC2)cnn1C. The highest BCUT2D eigenvalue weighted by Gasteiger charge is 2.21. The van der Waals surface area contributed by atoms with E-state index in [9.17, 15) is 5.11 Å². The van der Waals surface area contributed by atoms with Crippen LogP contribution in [0.4, 0.5) is 0 Å². The van der Waals surface area contributed by atoms with Crippen molar-refractivity contribution in [3.63, 3.8) is 0 Å². The van der Waals surface area contributed by atoms with Crippen molar-refractivity contribution in [3.8, 4) is 0 Å². The molecule has 1 fully saturated rings. The van der Waals surface area contributed by atoms with E-state index in [0.717, 1.165) is 43.7 Å². The molecule has 4 nitrogen and oxygen atoms in total. The topological polar surface area (TPSA) is 47.3 Å². The van der Waals surface area contributed by atoms with Gasteiger partial charge in [-0.2, -0.15) is 5.10 Å². The van der Waals surface area contributed by atoms with E-state index in [2.05, 4.69) is 5.10 Å². The molecule has 16 heavy (non-hydrogen) atoms. The van der Waals surface area contributed by atoms with Crippen LogP contribution in [-0.2, 0) is 11.8 Å². The van der Waals surface area contributed by atoms with Crippen molar-refractivity contribution in [2.75, 3.05) is 13.2 Å². The van der Waals surface area contributed by atoms with Crippen molar-refractivity contribution in [2.24, 2.45) is 13.0 Å². The molecule has 1 aromatic rings. The highest BCUT2D eigenvalue weighted by molar-refractivity contribution is 5.18. The van der Waals surface area contributed by atoms with Crippen molar-refractivity contribution in [1.29, 1.82) is 0 Å². The van der Waals surface area contributed by atoms with Gasteiger partial charge in [-0.15, -0.1) is 0 Å². The molecule has 0 radical (unpaired) electrons. The summed E-state index contributed by atoms with van der Waals surface area (Å²) in [6, 6.07) is 0. The van der Waals surface area contributed by atoms with Crippen LogP contribution >= 0.6 is 0 Å². The van der Waals surface area contributed by atoms with Crippen LogP contribution in [0.15, 0.2) is 6.20 Å². The normalized spacial score (nSPS) is 19.9. The van der Waals surface area contributed by atoms with E-state index in [4.69, 9.17) is 4.74 Å². The van der Waals surface area contributed by atoms with Gasteiger partial charge in [-0.3, -0.25) is 4.68 Å². The summed E-state index contributed by atoms with van der Waals surface area (Å²) in [4.78, 5) is 0. The Morgan fingerprint density at radius 3 is 2.81 bits per heavy atom. The lowest BCUT2D eigenvalue weighted by Gasteiger charge is -2.24. The quantitative estimate of drug-likeness (QED) is 0.848. The van der Waals surface area contributed by atoms with Crippen LogP contribution in [0.5, 0.6) is 0 Å². The van der Waals surface area contributed by atoms with Crippen molar-refractivity contribution in [2.45, 2.75) is 32.3 Å². The lowest BCUT2D eigenvalue weighted by Crippen LogP contribution is -2.18. The molecule has 0 aliphatic carbocycles. The number of aliphatic hydroxyl groups is 1. The fraction of sp³-hybridized carbons (Fsp3) is 0.750. The number of nitrogens with zero attached hydrogens (tertiary/aromatic N) is 2. The maximum atomic E-state index is 10.2. The van der Waals surface area contributed by atoms with E-state index < -0.39 is 0 Å². The summed E-state index contributed by atoms with van der Waals surface area (Å²) in [5.41, 5.74) is 2.02. The van der Waals surface area contributed by atoms with Gasteiger partial charge in [0.2, 0.25) is 0 Å². The summed E-state index contributed by atoms with van der Waals surface area (Å²) >= 11 is 0. The highest BCUT2D eigenvalue weighted by atomic mass is 16.5. The first kappa shape index (κ1) is 11.6. The van der Waals surface area contributed by atoms with Gasteiger partial charge in [0.05, 0.1) is 12.3 Å². The van der Waals surface area contributed by atoms with Crippen LogP contribution in [0, 0.1) is 12.8 Å². The maximum Gasteiger partial charge on any atom is 0.0825 e. The minimum atomic E-state index is -0.378. The molecule has 2 heterocycles. The van der Waals surface area contributed by atoms with E-state index in [-0.39, 0.29) is 6.10 Å². The molecule has 2 rings (SSSR count). The van der Waals surface area contributed by atoms with Crippen molar-refractivity contribution in [3.05, 3.63) is 17.5 Å². The Kier molecular flexibility index (Phi) is 3.61. The fourth-order valence-electron chi connectivity index (χ4n) is 2.27.